The molecule has 1 aliphatic rings. The maximum Gasteiger partial charge on any atom is 0.277 e. The predicted octanol–water partition coefficient (Wildman–Crippen LogP) is 0.532. The number of aromatic nitrogens is 1. The van der Waals surface area contributed by atoms with Gasteiger partial charge in [0.1, 0.15) is 12.3 Å². The molecule has 1 atom stereocenters. The van der Waals surface area contributed by atoms with Crippen LogP contribution in [0.25, 0.3) is 0 Å². The van der Waals surface area contributed by atoms with Gasteiger partial charge in [0.2, 0.25) is 0 Å². The highest BCUT2D eigenvalue weighted by molar-refractivity contribution is 6.04. The van der Waals surface area contributed by atoms with E-state index in [0.29, 0.717) is 6.54 Å². The summed E-state index contributed by atoms with van der Waals surface area (Å²) in [5, 5.41) is 9.92. The Hall–Kier alpha value is -1.45. The summed E-state index contributed by atoms with van der Waals surface area (Å²) in [5.74, 6) is -1.42. The fourth-order valence-electron chi connectivity index (χ4n) is 2.54. The number of nitrogens with one attached hydrogen (secondary N) is 1. The number of β-amino-alcohol motifs (C(OH)–C–C–N with tert-alkyl or cyclic N) is 1. The van der Waals surface area contributed by atoms with Crippen molar-refractivity contribution in [1.29, 1.82) is 0 Å². The maximum absolute atomic E-state index is 12.0. The quantitative estimate of drug-likeness (QED) is 0.580. The lowest BCUT2D eigenvalue weighted by molar-refractivity contribution is -0.0243. The van der Waals surface area contributed by atoms with Gasteiger partial charge in [0.15, 0.2) is 0 Å². The topological polar surface area (TPSA) is 118 Å². The molecule has 0 saturated carbocycles. The summed E-state index contributed by atoms with van der Waals surface area (Å²) in [5.41, 5.74) is 7.27. The number of carbonyl (C=O) groups excluding carboxylic acids is 2. The maximum atomic E-state index is 12.0. The molecule has 142 valence electrons. The zero-order chi connectivity index (χ0) is 16.7. The second kappa shape index (κ2) is 12.0. The summed E-state index contributed by atoms with van der Waals surface area (Å²) in [6.45, 7) is 2.42. The van der Waals surface area contributed by atoms with Crippen molar-refractivity contribution in [3.05, 3.63) is 29.6 Å². The third kappa shape index (κ3) is 7.54. The van der Waals surface area contributed by atoms with Gasteiger partial charge in [-0.3, -0.25) is 19.4 Å². The number of halogens is 2. The van der Waals surface area contributed by atoms with Gasteiger partial charge in [-0.25, -0.2) is 5.48 Å². The molecule has 4 N–H and O–H groups in total. The zero-order valence-corrected chi connectivity index (χ0v) is 15.4. The van der Waals surface area contributed by atoms with Gasteiger partial charge in [0, 0.05) is 12.7 Å². The Balaban J connectivity index is 0.00000288. The van der Waals surface area contributed by atoms with Gasteiger partial charge in [0.25, 0.3) is 11.8 Å². The molecule has 0 aromatic carbocycles. The first kappa shape index (κ1) is 23.5. The number of hydrogen-bond donors (Lipinski definition) is 3. The summed E-state index contributed by atoms with van der Waals surface area (Å²) in [6.07, 6.45) is 4.19. The van der Waals surface area contributed by atoms with Gasteiger partial charge in [-0.15, -0.1) is 24.8 Å². The number of likely N-dealkylation sites (tertiary alicyclic amines) is 1. The number of pyridine rings is 1. The van der Waals surface area contributed by atoms with E-state index in [0.717, 1.165) is 25.9 Å². The van der Waals surface area contributed by atoms with Crippen molar-refractivity contribution in [3.8, 4) is 0 Å². The highest BCUT2D eigenvalue weighted by atomic mass is 35.5. The molecule has 8 nitrogen and oxygen atoms in total. The number of primary amides is 1. The van der Waals surface area contributed by atoms with E-state index in [-0.39, 0.29) is 42.7 Å². The molecule has 1 unspecified atom stereocenters. The number of nitrogens with zero attached hydrogens (tertiary/aromatic N) is 2. The monoisotopic (exact) mass is 394 g/mol. The van der Waals surface area contributed by atoms with Gasteiger partial charge in [-0.2, -0.15) is 0 Å². The number of aliphatic hydroxyl groups is 1. The predicted molar refractivity (Wildman–Crippen MR) is 97.0 cm³/mol. The minimum Gasteiger partial charge on any atom is -0.389 e. The Bertz CT molecular complexity index is 556. The summed E-state index contributed by atoms with van der Waals surface area (Å²) in [6, 6.07) is 2.95. The largest absolute Gasteiger partial charge is 0.389 e. The molecule has 25 heavy (non-hydrogen) atoms. The average Bonchev–Trinajstić information content (AvgIpc) is 2.55. The molecule has 2 amide bonds. The molecule has 0 aliphatic carbocycles. The van der Waals surface area contributed by atoms with Crippen molar-refractivity contribution in [2.24, 2.45) is 5.73 Å². The second-order valence-corrected chi connectivity index (χ2v) is 5.52. The highest BCUT2D eigenvalue weighted by Gasteiger charge is 2.18. The van der Waals surface area contributed by atoms with Gasteiger partial charge in [-0.05, 0) is 38.1 Å². The van der Waals surface area contributed by atoms with Crippen molar-refractivity contribution in [1.82, 2.24) is 15.4 Å². The molecule has 1 aliphatic heterocycles. The molecular weight excluding hydrogens is 371 g/mol. The number of nitrogens with two attached hydrogens (primary N) is 1. The van der Waals surface area contributed by atoms with E-state index in [2.05, 4.69) is 15.4 Å². The number of hydroxylamine groups is 1. The first-order valence-corrected chi connectivity index (χ1v) is 7.65. The molecule has 1 saturated heterocycles. The number of rotatable bonds is 7. The molecule has 1 aromatic heterocycles. The Morgan fingerprint density at radius 3 is 2.64 bits per heavy atom. The summed E-state index contributed by atoms with van der Waals surface area (Å²) in [7, 11) is 0. The third-order valence-corrected chi connectivity index (χ3v) is 3.64. The Kier molecular flexibility index (Phi) is 11.3. The van der Waals surface area contributed by atoms with Gasteiger partial charge < -0.3 is 15.7 Å². The van der Waals surface area contributed by atoms with E-state index < -0.39 is 17.9 Å². The van der Waals surface area contributed by atoms with Crippen molar-refractivity contribution < 1.29 is 19.5 Å². The van der Waals surface area contributed by atoms with Crippen LogP contribution in [-0.2, 0) is 4.84 Å². The van der Waals surface area contributed by atoms with Crippen LogP contribution in [0.15, 0.2) is 18.3 Å². The van der Waals surface area contributed by atoms with Crippen LogP contribution < -0.4 is 11.2 Å². The SMILES string of the molecule is Cl.Cl.NC(=O)c1ncccc1C(=O)NOCC(O)CN1CCCCC1. The molecule has 10 heteroatoms. The van der Waals surface area contributed by atoms with E-state index >= 15 is 0 Å². The smallest absolute Gasteiger partial charge is 0.277 e. The molecule has 0 radical (unpaired) electrons. The standard InChI is InChI=1S/C15H22N4O4.2ClH/c16-14(21)13-12(5-4-6-17-13)15(22)18-23-10-11(20)9-19-7-2-1-3-8-19;;/h4-6,11,20H,1-3,7-10H2,(H2,16,21)(H,18,22);2*1H. The van der Waals surface area contributed by atoms with Crippen LogP contribution in [0.5, 0.6) is 0 Å². The van der Waals surface area contributed by atoms with Crippen LogP contribution in [0.2, 0.25) is 0 Å². The van der Waals surface area contributed by atoms with Gasteiger partial charge in [0.05, 0.1) is 11.7 Å². The molecule has 0 spiro atoms. The van der Waals surface area contributed by atoms with E-state index in [1.54, 1.807) is 0 Å². The molecule has 1 fully saturated rings. The van der Waals surface area contributed by atoms with E-state index in [1.807, 2.05) is 0 Å². The number of carbonyl (C=O) groups is 2. The van der Waals surface area contributed by atoms with Gasteiger partial charge >= 0.3 is 0 Å². The first-order valence-electron chi connectivity index (χ1n) is 7.65. The third-order valence-electron chi connectivity index (χ3n) is 3.64. The van der Waals surface area contributed by atoms with Crippen LogP contribution in [0, 0.1) is 0 Å². The normalized spacial score (nSPS) is 15.4. The fourth-order valence-corrected chi connectivity index (χ4v) is 2.54. The van der Waals surface area contributed by atoms with Crippen LogP contribution in [-0.4, -0.2) is 59.1 Å². The molecule has 1 aromatic rings. The highest BCUT2D eigenvalue weighted by Crippen LogP contribution is 2.09. The zero-order valence-electron chi connectivity index (χ0n) is 13.7. The number of piperidine rings is 1. The molecule has 2 rings (SSSR count). The Labute approximate surface area is 158 Å². The number of hydrogen-bond acceptors (Lipinski definition) is 6. The Morgan fingerprint density at radius 2 is 2.00 bits per heavy atom. The van der Waals surface area contributed by atoms with Crippen molar-refractivity contribution in [2.75, 3.05) is 26.2 Å². The van der Waals surface area contributed by atoms with Crippen molar-refractivity contribution in [3.63, 3.8) is 0 Å². The molecule has 0 bridgehead atoms. The summed E-state index contributed by atoms with van der Waals surface area (Å²) < 4.78 is 0. The molecular formula is C15H24Cl2N4O4. The first-order chi connectivity index (χ1) is 11.1. The van der Waals surface area contributed by atoms with Crippen LogP contribution in [0.1, 0.15) is 40.1 Å². The van der Waals surface area contributed by atoms with Crippen molar-refractivity contribution in [2.45, 2.75) is 25.4 Å². The van der Waals surface area contributed by atoms with Crippen LogP contribution in [0.4, 0.5) is 0 Å². The number of amides is 2. The van der Waals surface area contributed by atoms with Crippen LogP contribution in [0.3, 0.4) is 0 Å². The lowest BCUT2D eigenvalue weighted by Crippen LogP contribution is -2.39. The minimum atomic E-state index is -0.791. The fraction of sp³-hybridized carbons (Fsp3) is 0.533. The minimum absolute atomic E-state index is 0. The Morgan fingerprint density at radius 1 is 1.32 bits per heavy atom. The summed E-state index contributed by atoms with van der Waals surface area (Å²) in [4.78, 5) is 34.2. The van der Waals surface area contributed by atoms with E-state index in [1.165, 1.54) is 24.8 Å². The van der Waals surface area contributed by atoms with Crippen LogP contribution >= 0.6 is 24.8 Å². The van der Waals surface area contributed by atoms with E-state index in [4.69, 9.17) is 10.6 Å². The lowest BCUT2D eigenvalue weighted by Gasteiger charge is -2.28. The average molecular weight is 395 g/mol. The lowest BCUT2D eigenvalue weighted by atomic mass is 10.1. The molecule has 2 heterocycles. The van der Waals surface area contributed by atoms with E-state index in [9.17, 15) is 14.7 Å². The second-order valence-electron chi connectivity index (χ2n) is 5.52. The number of aliphatic hydroxyl groups excluding tert-OH is 1. The van der Waals surface area contributed by atoms with Crippen molar-refractivity contribution >= 4 is 36.6 Å². The van der Waals surface area contributed by atoms with Gasteiger partial charge in [-0.1, -0.05) is 6.42 Å². The summed E-state index contributed by atoms with van der Waals surface area (Å²) >= 11 is 0.